The normalized spacial score (nSPS) is 10.1. The average molecular weight is 181 g/mol. The number of ether oxygens (including phenoxy) is 1. The minimum atomic E-state index is 0.216. The summed E-state index contributed by atoms with van der Waals surface area (Å²) in [5, 5.41) is 9.72. The van der Waals surface area contributed by atoms with Crippen LogP contribution in [0.1, 0.15) is 11.1 Å². The molecule has 0 aliphatic heterocycles. The first-order valence-electron chi connectivity index (χ1n) is 4.26. The molecule has 1 rings (SSSR count). The summed E-state index contributed by atoms with van der Waals surface area (Å²) in [6.45, 7) is 2.48. The number of aryl methyl sites for hydroxylation is 1. The van der Waals surface area contributed by atoms with Crippen LogP contribution in [0.25, 0.3) is 0 Å². The topological polar surface area (TPSA) is 55.5 Å². The Balaban J connectivity index is 3.13. The predicted octanol–water partition coefficient (Wildman–Crippen LogP) is 1.21. The summed E-state index contributed by atoms with van der Waals surface area (Å²) in [4.78, 5) is 0. The van der Waals surface area contributed by atoms with Gasteiger partial charge in [0, 0.05) is 5.56 Å². The molecule has 0 aliphatic carbocycles. The van der Waals surface area contributed by atoms with Gasteiger partial charge in [0.1, 0.15) is 0 Å². The van der Waals surface area contributed by atoms with Crippen LogP contribution >= 0.6 is 0 Å². The highest BCUT2D eigenvalue weighted by molar-refractivity contribution is 5.49. The number of nitrogens with two attached hydrogens (primary N) is 1. The van der Waals surface area contributed by atoms with Gasteiger partial charge >= 0.3 is 0 Å². The van der Waals surface area contributed by atoms with E-state index in [2.05, 4.69) is 0 Å². The van der Waals surface area contributed by atoms with Crippen molar-refractivity contribution in [1.29, 1.82) is 0 Å². The minimum Gasteiger partial charge on any atom is -0.504 e. The van der Waals surface area contributed by atoms with E-state index in [1.165, 1.54) is 7.11 Å². The molecule has 0 saturated carbocycles. The molecule has 3 heteroatoms. The molecule has 13 heavy (non-hydrogen) atoms. The summed E-state index contributed by atoms with van der Waals surface area (Å²) in [7, 11) is 1.54. The van der Waals surface area contributed by atoms with Gasteiger partial charge in [-0.15, -0.1) is 0 Å². The van der Waals surface area contributed by atoms with Crippen LogP contribution in [0.3, 0.4) is 0 Å². The van der Waals surface area contributed by atoms with E-state index in [0.717, 1.165) is 11.1 Å². The molecule has 0 unspecified atom stereocenters. The standard InChI is InChI=1S/C10H15NO2/c1-7-3-4-9(13-2)10(12)8(7)5-6-11/h3-4,12H,5-6,11H2,1-2H3. The molecule has 3 nitrogen and oxygen atoms in total. The van der Waals surface area contributed by atoms with E-state index >= 15 is 0 Å². The van der Waals surface area contributed by atoms with Crippen LogP contribution in [0, 0.1) is 6.92 Å². The van der Waals surface area contributed by atoms with Gasteiger partial charge in [-0.05, 0) is 31.5 Å². The molecule has 0 saturated heterocycles. The van der Waals surface area contributed by atoms with Crippen molar-refractivity contribution in [1.82, 2.24) is 0 Å². The van der Waals surface area contributed by atoms with Crippen LogP contribution < -0.4 is 10.5 Å². The van der Waals surface area contributed by atoms with Gasteiger partial charge < -0.3 is 15.6 Å². The third-order valence-corrected chi connectivity index (χ3v) is 2.09. The Kier molecular flexibility index (Phi) is 3.14. The summed E-state index contributed by atoms with van der Waals surface area (Å²) in [5.74, 6) is 0.724. The molecule has 0 heterocycles. The lowest BCUT2D eigenvalue weighted by Crippen LogP contribution is -2.04. The number of phenolic OH excluding ortho intramolecular Hbond substituents is 1. The van der Waals surface area contributed by atoms with Crippen molar-refractivity contribution >= 4 is 0 Å². The summed E-state index contributed by atoms with van der Waals surface area (Å²) in [6.07, 6.45) is 0.675. The lowest BCUT2D eigenvalue weighted by atomic mass is 10.0. The Morgan fingerprint density at radius 1 is 1.46 bits per heavy atom. The molecule has 1 aromatic carbocycles. The molecule has 0 atom stereocenters. The SMILES string of the molecule is COc1ccc(C)c(CCN)c1O. The fourth-order valence-corrected chi connectivity index (χ4v) is 1.34. The number of phenols is 1. The first kappa shape index (κ1) is 9.86. The van der Waals surface area contributed by atoms with E-state index < -0.39 is 0 Å². The molecule has 0 spiro atoms. The van der Waals surface area contributed by atoms with Gasteiger partial charge in [0.05, 0.1) is 7.11 Å². The predicted molar refractivity (Wildman–Crippen MR) is 52.2 cm³/mol. The van der Waals surface area contributed by atoms with Crippen molar-refractivity contribution in [3.05, 3.63) is 23.3 Å². The zero-order chi connectivity index (χ0) is 9.84. The second kappa shape index (κ2) is 4.14. The maximum Gasteiger partial charge on any atom is 0.161 e. The molecule has 1 aromatic rings. The molecule has 0 bridgehead atoms. The molecule has 0 aromatic heterocycles. The van der Waals surface area contributed by atoms with Crippen molar-refractivity contribution in [2.75, 3.05) is 13.7 Å². The number of hydrogen-bond acceptors (Lipinski definition) is 3. The number of methoxy groups -OCH3 is 1. The molecule has 72 valence electrons. The smallest absolute Gasteiger partial charge is 0.161 e. The lowest BCUT2D eigenvalue weighted by Gasteiger charge is -2.10. The fourth-order valence-electron chi connectivity index (χ4n) is 1.34. The van der Waals surface area contributed by atoms with Crippen molar-refractivity contribution in [2.45, 2.75) is 13.3 Å². The summed E-state index contributed by atoms with van der Waals surface area (Å²) >= 11 is 0. The summed E-state index contributed by atoms with van der Waals surface area (Å²) < 4.78 is 5.00. The van der Waals surface area contributed by atoms with E-state index in [1.807, 2.05) is 13.0 Å². The first-order valence-corrected chi connectivity index (χ1v) is 4.26. The number of rotatable bonds is 3. The molecular weight excluding hydrogens is 166 g/mol. The molecule has 0 aliphatic rings. The van der Waals surface area contributed by atoms with Gasteiger partial charge in [-0.1, -0.05) is 6.07 Å². The molecule has 3 N–H and O–H groups in total. The Morgan fingerprint density at radius 3 is 2.69 bits per heavy atom. The van der Waals surface area contributed by atoms with Gasteiger partial charge in [-0.25, -0.2) is 0 Å². The van der Waals surface area contributed by atoms with Gasteiger partial charge in [0.2, 0.25) is 0 Å². The minimum absolute atomic E-state index is 0.216. The number of benzene rings is 1. The van der Waals surface area contributed by atoms with Crippen LogP contribution in [0.4, 0.5) is 0 Å². The van der Waals surface area contributed by atoms with Gasteiger partial charge in [0.25, 0.3) is 0 Å². The van der Waals surface area contributed by atoms with Crippen LogP contribution in [0.2, 0.25) is 0 Å². The van der Waals surface area contributed by atoms with E-state index in [9.17, 15) is 5.11 Å². The Morgan fingerprint density at radius 2 is 2.15 bits per heavy atom. The lowest BCUT2D eigenvalue weighted by molar-refractivity contribution is 0.370. The van der Waals surface area contributed by atoms with Crippen molar-refractivity contribution in [2.24, 2.45) is 5.73 Å². The Bertz CT molecular complexity index is 297. The summed E-state index contributed by atoms with van der Waals surface area (Å²) in [5.41, 5.74) is 7.36. The van der Waals surface area contributed by atoms with E-state index in [-0.39, 0.29) is 5.75 Å². The number of aromatic hydroxyl groups is 1. The molecule has 0 amide bonds. The highest BCUT2D eigenvalue weighted by Crippen LogP contribution is 2.31. The highest BCUT2D eigenvalue weighted by atomic mass is 16.5. The maximum absolute atomic E-state index is 9.72. The van der Waals surface area contributed by atoms with Crippen molar-refractivity contribution in [3.63, 3.8) is 0 Å². The summed E-state index contributed by atoms with van der Waals surface area (Å²) in [6, 6.07) is 3.67. The van der Waals surface area contributed by atoms with E-state index in [0.29, 0.717) is 18.7 Å². The van der Waals surface area contributed by atoms with Crippen LogP contribution in [-0.4, -0.2) is 18.8 Å². The van der Waals surface area contributed by atoms with Gasteiger partial charge in [-0.3, -0.25) is 0 Å². The Hall–Kier alpha value is -1.22. The maximum atomic E-state index is 9.72. The number of hydrogen-bond donors (Lipinski definition) is 2. The van der Waals surface area contributed by atoms with Crippen molar-refractivity contribution < 1.29 is 9.84 Å². The largest absolute Gasteiger partial charge is 0.504 e. The molecule has 0 fully saturated rings. The first-order chi connectivity index (χ1) is 6.20. The fraction of sp³-hybridized carbons (Fsp3) is 0.400. The van der Waals surface area contributed by atoms with E-state index in [1.54, 1.807) is 6.07 Å². The zero-order valence-corrected chi connectivity index (χ0v) is 8.00. The average Bonchev–Trinajstić information content (AvgIpc) is 2.12. The molecular formula is C10H15NO2. The van der Waals surface area contributed by atoms with Crippen molar-refractivity contribution in [3.8, 4) is 11.5 Å². The third kappa shape index (κ3) is 1.92. The monoisotopic (exact) mass is 181 g/mol. The van der Waals surface area contributed by atoms with Crippen LogP contribution in [0.5, 0.6) is 11.5 Å². The quantitative estimate of drug-likeness (QED) is 0.737. The second-order valence-electron chi connectivity index (χ2n) is 2.95. The van der Waals surface area contributed by atoms with E-state index in [4.69, 9.17) is 10.5 Å². The third-order valence-electron chi connectivity index (χ3n) is 2.09. The van der Waals surface area contributed by atoms with Crippen LogP contribution in [0.15, 0.2) is 12.1 Å². The van der Waals surface area contributed by atoms with Gasteiger partial charge in [0.15, 0.2) is 11.5 Å². The second-order valence-corrected chi connectivity index (χ2v) is 2.95. The van der Waals surface area contributed by atoms with Gasteiger partial charge in [-0.2, -0.15) is 0 Å². The Labute approximate surface area is 78.1 Å². The zero-order valence-electron chi connectivity index (χ0n) is 8.00. The molecule has 0 radical (unpaired) electrons. The van der Waals surface area contributed by atoms with Crippen LogP contribution in [-0.2, 0) is 6.42 Å². The highest BCUT2D eigenvalue weighted by Gasteiger charge is 2.09.